The average Bonchev–Trinajstić information content (AvgIpc) is 3.23. The van der Waals surface area contributed by atoms with Crippen molar-refractivity contribution < 1.29 is 23.9 Å². The largest absolute Gasteiger partial charge is 0.462 e. The van der Waals surface area contributed by atoms with Crippen LogP contribution in [0, 0.1) is 0 Å². The van der Waals surface area contributed by atoms with Gasteiger partial charge in [-0.05, 0) is 108 Å². The topological polar surface area (TPSA) is 69.7 Å². The molecule has 0 aromatic heterocycles. The molecule has 0 heterocycles. The van der Waals surface area contributed by atoms with Crippen LogP contribution in [0.3, 0.4) is 0 Å². The van der Waals surface area contributed by atoms with Crippen LogP contribution in [0.25, 0.3) is 0 Å². The number of ether oxygens (including phenoxy) is 2. The van der Waals surface area contributed by atoms with Gasteiger partial charge in [0.05, 0.1) is 0 Å². The first-order valence-corrected chi connectivity index (χ1v) is 26.3. The standard InChI is InChI=1S/C54H97ClO5/c1-4-7-10-13-14-15-16-17-18-19-20-21-29-34-41-48-53(57)59-51(44-37-12-9-6-3)46-39-32-27-23-25-30-35-42-49-54(58)60-50(43-36-11-8-5-2)45-38-31-26-22-24-28-33-40-47-52(55)56/h17-18,31-32,38-39,50-51H,4-16,19-30,33-37,40-49H2,1-3H3/b18-17+,38-31+,39-32+. The minimum absolute atomic E-state index is 0.00245. The highest BCUT2D eigenvalue weighted by atomic mass is 35.5. The van der Waals surface area contributed by atoms with E-state index in [1.807, 2.05) is 0 Å². The number of halogens is 1. The molecule has 2 atom stereocenters. The fourth-order valence-electron chi connectivity index (χ4n) is 7.73. The Bertz CT molecular complexity index is 1040. The lowest BCUT2D eigenvalue weighted by Gasteiger charge is -2.17. The second-order valence-electron chi connectivity index (χ2n) is 17.6. The van der Waals surface area contributed by atoms with Crippen LogP contribution < -0.4 is 0 Å². The van der Waals surface area contributed by atoms with E-state index < -0.39 is 0 Å². The minimum Gasteiger partial charge on any atom is -0.462 e. The van der Waals surface area contributed by atoms with Crippen molar-refractivity contribution in [3.05, 3.63) is 36.5 Å². The summed E-state index contributed by atoms with van der Waals surface area (Å²) in [6, 6.07) is 0. The monoisotopic (exact) mass is 861 g/mol. The van der Waals surface area contributed by atoms with E-state index in [1.165, 1.54) is 122 Å². The third-order valence-corrected chi connectivity index (χ3v) is 11.8. The molecule has 0 saturated carbocycles. The van der Waals surface area contributed by atoms with Crippen LogP contribution in [0.1, 0.15) is 278 Å². The molecule has 5 nitrogen and oxygen atoms in total. The highest BCUT2D eigenvalue weighted by Gasteiger charge is 2.14. The van der Waals surface area contributed by atoms with Crippen molar-refractivity contribution in [3.63, 3.8) is 0 Å². The summed E-state index contributed by atoms with van der Waals surface area (Å²) < 4.78 is 12.0. The third kappa shape index (κ3) is 45.6. The van der Waals surface area contributed by atoms with Gasteiger partial charge in [0.1, 0.15) is 12.2 Å². The Kier molecular flexibility index (Phi) is 46.6. The van der Waals surface area contributed by atoms with E-state index in [1.54, 1.807) is 0 Å². The number of hydrogen-bond donors (Lipinski definition) is 0. The number of carbonyl (C=O) groups is 3. The van der Waals surface area contributed by atoms with Gasteiger partial charge in [0, 0.05) is 32.1 Å². The molecule has 0 spiro atoms. The van der Waals surface area contributed by atoms with Gasteiger partial charge in [0.25, 0.3) is 0 Å². The fourth-order valence-corrected chi connectivity index (χ4v) is 7.86. The SMILES string of the molecule is CCCCCCCC/C=C/CCCCCCCC(=O)OC(C/C=C/CCCCCCCC(=O)OC(C/C=C/CCCCCCCC(=O)Cl)CCCCCC)CCCCCC. The maximum atomic E-state index is 12.7. The van der Waals surface area contributed by atoms with Gasteiger partial charge < -0.3 is 9.47 Å². The molecule has 0 aromatic rings. The Hall–Kier alpha value is -1.88. The number of esters is 2. The van der Waals surface area contributed by atoms with Crippen LogP contribution in [-0.4, -0.2) is 29.4 Å². The minimum atomic E-state index is -0.230. The summed E-state index contributed by atoms with van der Waals surface area (Å²) in [4.78, 5) is 36.3. The number of carbonyl (C=O) groups excluding carboxylic acids is 3. The summed E-state index contributed by atoms with van der Waals surface area (Å²) in [6.45, 7) is 6.73. The quantitative estimate of drug-likeness (QED) is 0.0264. The van der Waals surface area contributed by atoms with Gasteiger partial charge in [-0.2, -0.15) is 0 Å². The molecule has 350 valence electrons. The summed E-state index contributed by atoms with van der Waals surface area (Å²) in [5.74, 6) is -0.0572. The zero-order valence-electron chi connectivity index (χ0n) is 39.8. The van der Waals surface area contributed by atoms with Crippen LogP contribution in [0.15, 0.2) is 36.5 Å². The molecule has 0 aromatic carbocycles. The van der Waals surface area contributed by atoms with Crippen molar-refractivity contribution in [3.8, 4) is 0 Å². The first-order chi connectivity index (χ1) is 29.4. The van der Waals surface area contributed by atoms with Crippen LogP contribution in [-0.2, 0) is 23.9 Å². The third-order valence-electron chi connectivity index (χ3n) is 11.6. The fraction of sp³-hybridized carbons (Fsp3) is 0.833. The molecule has 0 bridgehead atoms. The van der Waals surface area contributed by atoms with E-state index in [0.717, 1.165) is 116 Å². The van der Waals surface area contributed by atoms with Gasteiger partial charge in [-0.25, -0.2) is 0 Å². The van der Waals surface area contributed by atoms with Crippen LogP contribution in [0.2, 0.25) is 0 Å². The number of hydrogen-bond acceptors (Lipinski definition) is 5. The van der Waals surface area contributed by atoms with Gasteiger partial charge in [-0.15, -0.1) is 0 Å². The lowest BCUT2D eigenvalue weighted by Crippen LogP contribution is -2.17. The predicted molar refractivity (Wildman–Crippen MR) is 260 cm³/mol. The van der Waals surface area contributed by atoms with Crippen molar-refractivity contribution in [2.75, 3.05) is 0 Å². The van der Waals surface area contributed by atoms with Crippen molar-refractivity contribution >= 4 is 28.8 Å². The van der Waals surface area contributed by atoms with E-state index in [-0.39, 0.29) is 29.4 Å². The molecule has 0 fully saturated rings. The maximum absolute atomic E-state index is 12.7. The summed E-state index contributed by atoms with van der Waals surface area (Å²) >= 11 is 5.41. The first-order valence-electron chi connectivity index (χ1n) is 25.9. The smallest absolute Gasteiger partial charge is 0.306 e. The molecule has 0 aliphatic rings. The van der Waals surface area contributed by atoms with Gasteiger partial charge in [0.2, 0.25) is 5.24 Å². The number of allylic oxidation sites excluding steroid dienone is 4. The molecule has 0 N–H and O–H groups in total. The highest BCUT2D eigenvalue weighted by Crippen LogP contribution is 2.18. The Balaban J connectivity index is 4.22. The normalized spacial score (nSPS) is 12.9. The van der Waals surface area contributed by atoms with Gasteiger partial charge in [-0.1, -0.05) is 186 Å². The molecule has 0 rings (SSSR count). The second kappa shape index (κ2) is 48.2. The molecule has 0 radical (unpaired) electrons. The van der Waals surface area contributed by atoms with E-state index in [4.69, 9.17) is 21.1 Å². The van der Waals surface area contributed by atoms with Crippen molar-refractivity contribution in [1.29, 1.82) is 0 Å². The summed E-state index contributed by atoms with van der Waals surface area (Å²) in [5, 5.41) is -0.230. The lowest BCUT2D eigenvalue weighted by molar-refractivity contribution is -0.150. The number of rotatable bonds is 47. The van der Waals surface area contributed by atoms with Gasteiger partial charge in [0.15, 0.2) is 0 Å². The Morgan fingerprint density at radius 3 is 1.00 bits per heavy atom. The Morgan fingerprint density at radius 1 is 0.367 bits per heavy atom. The van der Waals surface area contributed by atoms with E-state index in [9.17, 15) is 14.4 Å². The molecule has 0 saturated heterocycles. The molecule has 60 heavy (non-hydrogen) atoms. The molecular weight excluding hydrogens is 764 g/mol. The van der Waals surface area contributed by atoms with Crippen LogP contribution in [0.5, 0.6) is 0 Å². The predicted octanol–water partition coefficient (Wildman–Crippen LogP) is 17.9. The molecule has 0 aliphatic carbocycles. The van der Waals surface area contributed by atoms with Crippen molar-refractivity contribution in [2.24, 2.45) is 0 Å². The number of unbranched alkanes of at least 4 members (excludes halogenated alkanes) is 27. The van der Waals surface area contributed by atoms with E-state index in [0.29, 0.717) is 19.3 Å². The molecule has 0 aliphatic heterocycles. The average molecular weight is 862 g/mol. The molecule has 0 amide bonds. The molecule has 2 unspecified atom stereocenters. The Labute approximate surface area is 377 Å². The van der Waals surface area contributed by atoms with E-state index >= 15 is 0 Å². The zero-order chi connectivity index (χ0) is 43.8. The van der Waals surface area contributed by atoms with Gasteiger partial charge in [-0.3, -0.25) is 14.4 Å². The molecule has 6 heteroatoms. The molecular formula is C54H97ClO5. The van der Waals surface area contributed by atoms with Gasteiger partial charge >= 0.3 is 11.9 Å². The lowest BCUT2D eigenvalue weighted by atomic mass is 10.0. The second-order valence-corrected chi connectivity index (χ2v) is 18.1. The Morgan fingerprint density at radius 2 is 0.650 bits per heavy atom. The maximum Gasteiger partial charge on any atom is 0.306 e. The highest BCUT2D eigenvalue weighted by molar-refractivity contribution is 6.63. The first kappa shape index (κ1) is 58.1. The van der Waals surface area contributed by atoms with E-state index in [2.05, 4.69) is 57.2 Å². The van der Waals surface area contributed by atoms with Crippen molar-refractivity contribution in [1.82, 2.24) is 0 Å². The summed E-state index contributed by atoms with van der Waals surface area (Å²) in [6.07, 6.45) is 57.7. The summed E-state index contributed by atoms with van der Waals surface area (Å²) in [5.41, 5.74) is 0. The van der Waals surface area contributed by atoms with Crippen LogP contribution >= 0.6 is 11.6 Å². The summed E-state index contributed by atoms with van der Waals surface area (Å²) in [7, 11) is 0. The zero-order valence-corrected chi connectivity index (χ0v) is 40.6. The van der Waals surface area contributed by atoms with Crippen LogP contribution in [0.4, 0.5) is 0 Å². The van der Waals surface area contributed by atoms with Crippen molar-refractivity contribution in [2.45, 2.75) is 290 Å².